The number of carbonyl (C=O) groups is 2. The highest BCUT2D eigenvalue weighted by Crippen LogP contribution is 2.18. The fourth-order valence-corrected chi connectivity index (χ4v) is 2.37. The van der Waals surface area contributed by atoms with Crippen LogP contribution in [0.4, 0.5) is 11.4 Å². The number of amides is 2. The topological polar surface area (TPSA) is 87.5 Å². The maximum atomic E-state index is 12.0. The van der Waals surface area contributed by atoms with Crippen LogP contribution in [0, 0.1) is 6.92 Å². The predicted molar refractivity (Wildman–Crippen MR) is 82.9 cm³/mol. The number of rotatable bonds is 4. The number of hydrogen-bond acceptors (Lipinski definition) is 4. The third-order valence-electron chi connectivity index (χ3n) is 3.79. The maximum Gasteiger partial charge on any atom is 0.237 e. The molecule has 21 heavy (non-hydrogen) atoms. The smallest absolute Gasteiger partial charge is 0.237 e. The van der Waals surface area contributed by atoms with E-state index in [1.54, 1.807) is 12.1 Å². The Labute approximate surface area is 124 Å². The van der Waals surface area contributed by atoms with E-state index in [0.29, 0.717) is 25.2 Å². The Bertz CT molecular complexity index is 544. The molecule has 1 aliphatic rings. The van der Waals surface area contributed by atoms with E-state index in [4.69, 9.17) is 5.73 Å². The average molecular weight is 290 g/mol. The Morgan fingerprint density at radius 2 is 2.29 bits per heavy atom. The molecular weight excluding hydrogens is 268 g/mol. The summed E-state index contributed by atoms with van der Waals surface area (Å²) in [4.78, 5) is 25.6. The summed E-state index contributed by atoms with van der Waals surface area (Å²) in [5.41, 5.74) is 8.06. The third kappa shape index (κ3) is 3.95. The molecule has 1 aromatic carbocycles. The Kier molecular flexibility index (Phi) is 4.80. The monoisotopic (exact) mass is 290 g/mol. The zero-order valence-electron chi connectivity index (χ0n) is 12.5. The van der Waals surface area contributed by atoms with E-state index >= 15 is 0 Å². The fourth-order valence-electron chi connectivity index (χ4n) is 2.37. The van der Waals surface area contributed by atoms with Gasteiger partial charge in [-0.3, -0.25) is 14.5 Å². The zero-order chi connectivity index (χ0) is 15.4. The van der Waals surface area contributed by atoms with E-state index in [1.807, 2.05) is 24.8 Å². The number of hydrogen-bond donors (Lipinski definition) is 3. The molecule has 0 spiro atoms. The van der Waals surface area contributed by atoms with Crippen molar-refractivity contribution < 1.29 is 9.59 Å². The Morgan fingerprint density at radius 1 is 1.52 bits per heavy atom. The van der Waals surface area contributed by atoms with Gasteiger partial charge in [-0.25, -0.2) is 0 Å². The molecule has 0 aromatic heterocycles. The molecule has 6 nitrogen and oxygen atoms in total. The first kappa shape index (κ1) is 15.3. The first-order chi connectivity index (χ1) is 9.97. The zero-order valence-corrected chi connectivity index (χ0v) is 12.5. The highest BCUT2D eigenvalue weighted by atomic mass is 16.2. The lowest BCUT2D eigenvalue weighted by molar-refractivity contribution is -0.129. The third-order valence-corrected chi connectivity index (χ3v) is 3.79. The summed E-state index contributed by atoms with van der Waals surface area (Å²) in [5, 5.41) is 5.68. The number of nitrogens with two attached hydrogens (primary N) is 1. The summed E-state index contributed by atoms with van der Waals surface area (Å²) in [7, 11) is 0. The van der Waals surface area contributed by atoms with Crippen molar-refractivity contribution in [1.82, 2.24) is 10.2 Å². The number of nitrogen functional groups attached to an aromatic ring is 1. The summed E-state index contributed by atoms with van der Waals surface area (Å²) in [6.45, 7) is 5.76. The van der Waals surface area contributed by atoms with E-state index in [2.05, 4.69) is 10.6 Å². The second kappa shape index (κ2) is 6.58. The van der Waals surface area contributed by atoms with Gasteiger partial charge in [0.1, 0.15) is 0 Å². The van der Waals surface area contributed by atoms with Crippen molar-refractivity contribution in [1.29, 1.82) is 0 Å². The van der Waals surface area contributed by atoms with Crippen LogP contribution in [-0.2, 0) is 9.59 Å². The first-order valence-electron chi connectivity index (χ1n) is 7.15. The van der Waals surface area contributed by atoms with Gasteiger partial charge in [0, 0.05) is 37.4 Å². The lowest BCUT2D eigenvalue weighted by atomic mass is 10.1. The largest absolute Gasteiger partial charge is 0.399 e. The standard InChI is InChI=1S/C15H22N4O2/c1-10-3-4-12(16)9-13(10)18-14(20)5-7-19-8-6-17-15(21)11(19)2/h3-4,9,11H,5-8,16H2,1-2H3,(H,17,21)(H,18,20). The Balaban J connectivity index is 1.87. The van der Waals surface area contributed by atoms with Gasteiger partial charge in [-0.2, -0.15) is 0 Å². The molecule has 2 rings (SSSR count). The highest BCUT2D eigenvalue weighted by molar-refractivity contribution is 5.92. The van der Waals surface area contributed by atoms with Crippen molar-refractivity contribution >= 4 is 23.2 Å². The van der Waals surface area contributed by atoms with Gasteiger partial charge >= 0.3 is 0 Å². The molecule has 4 N–H and O–H groups in total. The number of anilines is 2. The van der Waals surface area contributed by atoms with Crippen molar-refractivity contribution in [2.45, 2.75) is 26.3 Å². The van der Waals surface area contributed by atoms with Gasteiger partial charge in [0.15, 0.2) is 0 Å². The van der Waals surface area contributed by atoms with Gasteiger partial charge in [0.05, 0.1) is 6.04 Å². The normalized spacial score (nSPS) is 19.1. The molecule has 0 aliphatic carbocycles. The second-order valence-electron chi connectivity index (χ2n) is 5.38. The van der Waals surface area contributed by atoms with Crippen LogP contribution in [0.2, 0.25) is 0 Å². The molecule has 0 bridgehead atoms. The highest BCUT2D eigenvalue weighted by Gasteiger charge is 2.25. The Hall–Kier alpha value is -2.08. The van der Waals surface area contributed by atoms with Crippen molar-refractivity contribution in [2.75, 3.05) is 30.7 Å². The molecule has 1 atom stereocenters. The Morgan fingerprint density at radius 3 is 3.05 bits per heavy atom. The number of carbonyl (C=O) groups excluding carboxylic acids is 2. The first-order valence-corrected chi connectivity index (χ1v) is 7.15. The van der Waals surface area contributed by atoms with E-state index < -0.39 is 0 Å². The molecule has 1 saturated heterocycles. The SMILES string of the molecule is Cc1ccc(N)cc1NC(=O)CCN1CCNC(=O)C1C. The average Bonchev–Trinajstić information content (AvgIpc) is 2.44. The van der Waals surface area contributed by atoms with Crippen LogP contribution < -0.4 is 16.4 Å². The molecule has 114 valence electrons. The lowest BCUT2D eigenvalue weighted by Gasteiger charge is -2.32. The lowest BCUT2D eigenvalue weighted by Crippen LogP contribution is -2.54. The van der Waals surface area contributed by atoms with Crippen molar-refractivity contribution in [3.05, 3.63) is 23.8 Å². The molecule has 6 heteroatoms. The molecule has 0 radical (unpaired) electrons. The van der Waals surface area contributed by atoms with Crippen LogP contribution >= 0.6 is 0 Å². The number of nitrogens with zero attached hydrogens (tertiary/aromatic N) is 1. The molecule has 1 fully saturated rings. The summed E-state index contributed by atoms with van der Waals surface area (Å²) in [5.74, 6) is -0.0461. The van der Waals surface area contributed by atoms with E-state index in [0.717, 1.165) is 17.8 Å². The molecule has 2 amide bonds. The molecule has 1 heterocycles. The number of nitrogens with one attached hydrogen (secondary N) is 2. The molecule has 0 saturated carbocycles. The summed E-state index contributed by atoms with van der Waals surface area (Å²) < 4.78 is 0. The number of aryl methyl sites for hydroxylation is 1. The number of benzene rings is 1. The van der Waals surface area contributed by atoms with Crippen LogP contribution in [0.5, 0.6) is 0 Å². The predicted octanol–water partition coefficient (Wildman–Crippen LogP) is 0.726. The van der Waals surface area contributed by atoms with Crippen molar-refractivity contribution in [3.8, 4) is 0 Å². The quantitative estimate of drug-likeness (QED) is 0.713. The van der Waals surface area contributed by atoms with Gasteiger partial charge in [0.2, 0.25) is 11.8 Å². The molecule has 1 unspecified atom stereocenters. The van der Waals surface area contributed by atoms with Gasteiger partial charge in [-0.1, -0.05) is 6.07 Å². The van der Waals surface area contributed by atoms with Crippen LogP contribution in [0.15, 0.2) is 18.2 Å². The minimum atomic E-state index is -0.180. The fraction of sp³-hybridized carbons (Fsp3) is 0.467. The van der Waals surface area contributed by atoms with Crippen LogP contribution in [0.25, 0.3) is 0 Å². The summed E-state index contributed by atoms with van der Waals surface area (Å²) in [6, 6.07) is 5.26. The van der Waals surface area contributed by atoms with Crippen LogP contribution in [0.3, 0.4) is 0 Å². The van der Waals surface area contributed by atoms with Gasteiger partial charge in [-0.15, -0.1) is 0 Å². The maximum absolute atomic E-state index is 12.0. The second-order valence-corrected chi connectivity index (χ2v) is 5.38. The van der Waals surface area contributed by atoms with Gasteiger partial charge < -0.3 is 16.4 Å². The minimum absolute atomic E-state index is 0.0216. The van der Waals surface area contributed by atoms with Crippen LogP contribution in [-0.4, -0.2) is 42.4 Å². The van der Waals surface area contributed by atoms with Gasteiger partial charge in [-0.05, 0) is 31.5 Å². The van der Waals surface area contributed by atoms with E-state index in [9.17, 15) is 9.59 Å². The van der Waals surface area contributed by atoms with E-state index in [-0.39, 0.29) is 17.9 Å². The van der Waals surface area contributed by atoms with E-state index in [1.165, 1.54) is 0 Å². The summed E-state index contributed by atoms with van der Waals surface area (Å²) in [6.07, 6.45) is 0.353. The minimum Gasteiger partial charge on any atom is -0.399 e. The van der Waals surface area contributed by atoms with Crippen LogP contribution in [0.1, 0.15) is 18.9 Å². The number of piperazine rings is 1. The molecule has 1 aliphatic heterocycles. The molecular formula is C15H22N4O2. The van der Waals surface area contributed by atoms with Gasteiger partial charge in [0.25, 0.3) is 0 Å². The molecule has 1 aromatic rings. The van der Waals surface area contributed by atoms with Crippen molar-refractivity contribution in [2.24, 2.45) is 0 Å². The van der Waals surface area contributed by atoms with Crippen molar-refractivity contribution in [3.63, 3.8) is 0 Å². The summed E-state index contributed by atoms with van der Waals surface area (Å²) >= 11 is 0.